The summed E-state index contributed by atoms with van der Waals surface area (Å²) in [6.45, 7) is 2.94. The number of nitrogens with two attached hydrogens (primary N) is 1. The van der Waals surface area contributed by atoms with E-state index < -0.39 is 0 Å². The third-order valence-corrected chi connectivity index (χ3v) is 3.73. The molecule has 1 aliphatic heterocycles. The van der Waals surface area contributed by atoms with E-state index in [0.29, 0.717) is 6.54 Å². The monoisotopic (exact) mass is 233 g/mol. The van der Waals surface area contributed by atoms with Crippen molar-refractivity contribution in [3.63, 3.8) is 0 Å². The number of hydrogen-bond acceptors (Lipinski definition) is 3. The van der Waals surface area contributed by atoms with Crippen LogP contribution in [0.3, 0.4) is 0 Å². The highest BCUT2D eigenvalue weighted by Crippen LogP contribution is 2.21. The number of nitrogens with zero attached hydrogens (tertiary/aromatic N) is 2. The van der Waals surface area contributed by atoms with Gasteiger partial charge in [0.2, 0.25) is 0 Å². The van der Waals surface area contributed by atoms with E-state index in [4.69, 9.17) is 5.73 Å². The fraction of sp³-hybridized carbons (Fsp3) is 0.571. The number of hydrogen-bond donors (Lipinski definition) is 1. The Balaban J connectivity index is 1.95. The van der Waals surface area contributed by atoms with E-state index in [2.05, 4.69) is 48.2 Å². The van der Waals surface area contributed by atoms with E-state index >= 15 is 0 Å². The molecule has 1 aromatic carbocycles. The highest BCUT2D eigenvalue weighted by molar-refractivity contribution is 5.48. The van der Waals surface area contributed by atoms with Gasteiger partial charge in [0.1, 0.15) is 0 Å². The Bertz CT molecular complexity index is 337. The highest BCUT2D eigenvalue weighted by Gasteiger charge is 2.20. The fourth-order valence-electron chi connectivity index (χ4n) is 2.48. The Kier molecular flexibility index (Phi) is 4.02. The fourth-order valence-corrected chi connectivity index (χ4v) is 2.48. The Labute approximate surface area is 104 Å². The van der Waals surface area contributed by atoms with Gasteiger partial charge in [0.25, 0.3) is 0 Å². The van der Waals surface area contributed by atoms with Gasteiger partial charge in [-0.15, -0.1) is 0 Å². The molecule has 1 heterocycles. The molecule has 94 valence electrons. The summed E-state index contributed by atoms with van der Waals surface area (Å²) in [6.07, 6.45) is 2.51. The molecule has 2 rings (SSSR count). The highest BCUT2D eigenvalue weighted by atomic mass is 15.2. The van der Waals surface area contributed by atoms with Crippen molar-refractivity contribution in [2.45, 2.75) is 25.4 Å². The van der Waals surface area contributed by atoms with Gasteiger partial charge in [0.05, 0.1) is 0 Å². The van der Waals surface area contributed by atoms with Crippen LogP contribution in [-0.4, -0.2) is 38.1 Å². The van der Waals surface area contributed by atoms with Crippen LogP contribution in [-0.2, 0) is 6.54 Å². The van der Waals surface area contributed by atoms with Crippen LogP contribution in [0.25, 0.3) is 0 Å². The van der Waals surface area contributed by atoms with Crippen LogP contribution in [0.5, 0.6) is 0 Å². The van der Waals surface area contributed by atoms with E-state index in [1.54, 1.807) is 0 Å². The number of benzene rings is 1. The lowest BCUT2D eigenvalue weighted by Gasteiger charge is -2.36. The summed E-state index contributed by atoms with van der Waals surface area (Å²) in [5.41, 5.74) is 8.15. The molecule has 1 aromatic rings. The van der Waals surface area contributed by atoms with Crippen molar-refractivity contribution >= 4 is 5.69 Å². The maximum atomic E-state index is 5.61. The second-order valence-electron chi connectivity index (χ2n) is 5.05. The molecule has 0 saturated carbocycles. The Hall–Kier alpha value is -1.06. The molecular formula is C14H23N3. The van der Waals surface area contributed by atoms with Gasteiger partial charge >= 0.3 is 0 Å². The van der Waals surface area contributed by atoms with E-state index in [-0.39, 0.29) is 0 Å². The first-order valence-electron chi connectivity index (χ1n) is 6.41. The first-order valence-corrected chi connectivity index (χ1v) is 6.41. The molecule has 1 saturated heterocycles. The van der Waals surface area contributed by atoms with Crippen LogP contribution in [0, 0.1) is 0 Å². The molecule has 0 unspecified atom stereocenters. The molecule has 0 atom stereocenters. The summed E-state index contributed by atoms with van der Waals surface area (Å²) in [7, 11) is 4.35. The SMILES string of the molecule is CN(C)C1CCN(c2ccc(CN)cc2)CC1. The lowest BCUT2D eigenvalue weighted by Crippen LogP contribution is -2.41. The molecule has 0 spiro atoms. The van der Waals surface area contributed by atoms with Crippen LogP contribution in [0.4, 0.5) is 5.69 Å². The predicted octanol–water partition coefficient (Wildman–Crippen LogP) is 1.68. The third-order valence-electron chi connectivity index (χ3n) is 3.73. The minimum Gasteiger partial charge on any atom is -0.371 e. The Morgan fingerprint density at radius 1 is 1.18 bits per heavy atom. The minimum absolute atomic E-state index is 0.628. The lowest BCUT2D eigenvalue weighted by atomic mass is 10.0. The summed E-state index contributed by atoms with van der Waals surface area (Å²) in [4.78, 5) is 4.81. The molecule has 0 aliphatic carbocycles. The standard InChI is InChI=1S/C14H23N3/c1-16(2)13-7-9-17(10-8-13)14-5-3-12(11-15)4-6-14/h3-6,13H,7-11,15H2,1-2H3. The summed E-state index contributed by atoms with van der Waals surface area (Å²) in [5.74, 6) is 0. The Morgan fingerprint density at radius 3 is 2.24 bits per heavy atom. The summed E-state index contributed by atoms with van der Waals surface area (Å²) >= 11 is 0. The predicted molar refractivity (Wildman–Crippen MR) is 73.3 cm³/mol. The van der Waals surface area contributed by atoms with Gasteiger partial charge in [-0.2, -0.15) is 0 Å². The largest absolute Gasteiger partial charge is 0.371 e. The van der Waals surface area contributed by atoms with Crippen LogP contribution in [0.2, 0.25) is 0 Å². The van der Waals surface area contributed by atoms with Gasteiger partial charge in [0, 0.05) is 31.4 Å². The summed E-state index contributed by atoms with van der Waals surface area (Å²) < 4.78 is 0. The van der Waals surface area contributed by atoms with E-state index in [1.807, 2.05) is 0 Å². The maximum absolute atomic E-state index is 5.61. The van der Waals surface area contributed by atoms with Crippen LogP contribution >= 0.6 is 0 Å². The molecule has 0 aromatic heterocycles. The lowest BCUT2D eigenvalue weighted by molar-refractivity contribution is 0.249. The normalized spacial score (nSPS) is 17.8. The first kappa shape index (κ1) is 12.4. The molecular weight excluding hydrogens is 210 g/mol. The molecule has 3 heteroatoms. The van der Waals surface area contributed by atoms with Gasteiger partial charge in [-0.3, -0.25) is 0 Å². The van der Waals surface area contributed by atoms with Gasteiger partial charge in [-0.05, 0) is 44.6 Å². The molecule has 0 amide bonds. The topological polar surface area (TPSA) is 32.5 Å². The molecule has 3 nitrogen and oxygen atoms in total. The van der Waals surface area contributed by atoms with Crippen LogP contribution in [0.1, 0.15) is 18.4 Å². The molecule has 1 fully saturated rings. The summed E-state index contributed by atoms with van der Waals surface area (Å²) in [6, 6.07) is 9.39. The van der Waals surface area contributed by atoms with Crippen molar-refractivity contribution in [1.29, 1.82) is 0 Å². The van der Waals surface area contributed by atoms with Crippen molar-refractivity contribution in [2.24, 2.45) is 5.73 Å². The molecule has 2 N–H and O–H groups in total. The van der Waals surface area contributed by atoms with Crippen molar-refractivity contribution < 1.29 is 0 Å². The molecule has 1 aliphatic rings. The van der Waals surface area contributed by atoms with E-state index in [1.165, 1.54) is 24.1 Å². The van der Waals surface area contributed by atoms with Crippen molar-refractivity contribution in [3.8, 4) is 0 Å². The van der Waals surface area contributed by atoms with Crippen molar-refractivity contribution in [2.75, 3.05) is 32.1 Å². The first-order chi connectivity index (χ1) is 8.20. The maximum Gasteiger partial charge on any atom is 0.0366 e. The minimum atomic E-state index is 0.628. The number of rotatable bonds is 3. The zero-order valence-corrected chi connectivity index (χ0v) is 10.9. The number of piperidine rings is 1. The van der Waals surface area contributed by atoms with Crippen molar-refractivity contribution in [1.82, 2.24) is 4.90 Å². The zero-order chi connectivity index (χ0) is 12.3. The Morgan fingerprint density at radius 2 is 1.76 bits per heavy atom. The van der Waals surface area contributed by atoms with Gasteiger partial charge in [-0.1, -0.05) is 12.1 Å². The van der Waals surface area contributed by atoms with Crippen LogP contribution < -0.4 is 10.6 Å². The van der Waals surface area contributed by atoms with Crippen molar-refractivity contribution in [3.05, 3.63) is 29.8 Å². The van der Waals surface area contributed by atoms with Gasteiger partial charge in [0.15, 0.2) is 0 Å². The zero-order valence-electron chi connectivity index (χ0n) is 10.9. The second-order valence-corrected chi connectivity index (χ2v) is 5.05. The second kappa shape index (κ2) is 5.52. The molecule has 17 heavy (non-hydrogen) atoms. The number of anilines is 1. The average Bonchev–Trinajstić information content (AvgIpc) is 2.39. The molecule has 0 bridgehead atoms. The average molecular weight is 233 g/mol. The van der Waals surface area contributed by atoms with Gasteiger partial charge in [-0.25, -0.2) is 0 Å². The molecule has 0 radical (unpaired) electrons. The van der Waals surface area contributed by atoms with E-state index in [0.717, 1.165) is 19.1 Å². The third kappa shape index (κ3) is 2.99. The summed E-state index contributed by atoms with van der Waals surface area (Å²) in [5, 5.41) is 0. The quantitative estimate of drug-likeness (QED) is 0.862. The van der Waals surface area contributed by atoms with E-state index in [9.17, 15) is 0 Å². The smallest absolute Gasteiger partial charge is 0.0366 e. The van der Waals surface area contributed by atoms with Crippen LogP contribution in [0.15, 0.2) is 24.3 Å². The van der Waals surface area contributed by atoms with Gasteiger partial charge < -0.3 is 15.5 Å².